The molecule has 104 valence electrons. The van der Waals surface area contributed by atoms with E-state index in [1.807, 2.05) is 44.2 Å². The van der Waals surface area contributed by atoms with Gasteiger partial charge in [0.25, 0.3) is 0 Å². The van der Waals surface area contributed by atoms with Gasteiger partial charge in [0.1, 0.15) is 6.04 Å². The fourth-order valence-corrected chi connectivity index (χ4v) is 1.88. The van der Waals surface area contributed by atoms with Crippen molar-refractivity contribution in [1.82, 2.24) is 5.32 Å². The van der Waals surface area contributed by atoms with E-state index in [2.05, 4.69) is 5.32 Å². The van der Waals surface area contributed by atoms with Crippen LogP contribution >= 0.6 is 0 Å². The van der Waals surface area contributed by atoms with E-state index in [0.29, 0.717) is 6.42 Å². The van der Waals surface area contributed by atoms with Crippen LogP contribution in [0.15, 0.2) is 30.3 Å². The molecule has 1 amide bonds. The van der Waals surface area contributed by atoms with E-state index in [1.165, 1.54) is 0 Å². The van der Waals surface area contributed by atoms with Crippen molar-refractivity contribution in [3.63, 3.8) is 0 Å². The Kier molecular flexibility index (Phi) is 5.55. The average Bonchev–Trinajstić information content (AvgIpc) is 2.37. The van der Waals surface area contributed by atoms with Crippen LogP contribution in [0.3, 0.4) is 0 Å². The number of aliphatic carboxylic acids is 1. The molecular formula is C15H21NO3. The molecule has 0 heterocycles. The van der Waals surface area contributed by atoms with Crippen LogP contribution < -0.4 is 5.32 Å². The lowest BCUT2D eigenvalue weighted by atomic mass is 9.98. The first-order valence-electron chi connectivity index (χ1n) is 6.50. The monoisotopic (exact) mass is 263 g/mol. The normalized spacial score (nSPS) is 13.9. The molecule has 1 aromatic carbocycles. The Labute approximate surface area is 113 Å². The first-order chi connectivity index (χ1) is 8.91. The van der Waals surface area contributed by atoms with Crippen molar-refractivity contribution < 1.29 is 14.7 Å². The van der Waals surface area contributed by atoms with Gasteiger partial charge in [0.2, 0.25) is 5.91 Å². The van der Waals surface area contributed by atoms with Gasteiger partial charge in [-0.05, 0) is 24.8 Å². The third kappa shape index (κ3) is 4.73. The Morgan fingerprint density at radius 2 is 1.74 bits per heavy atom. The van der Waals surface area contributed by atoms with Gasteiger partial charge in [-0.3, -0.25) is 4.79 Å². The van der Waals surface area contributed by atoms with E-state index >= 15 is 0 Å². The summed E-state index contributed by atoms with van der Waals surface area (Å²) in [5, 5.41) is 11.7. The topological polar surface area (TPSA) is 66.4 Å². The molecule has 0 aliphatic rings. The zero-order valence-electron chi connectivity index (χ0n) is 11.6. The number of carbonyl (C=O) groups is 2. The summed E-state index contributed by atoms with van der Waals surface area (Å²) >= 11 is 0. The molecule has 19 heavy (non-hydrogen) atoms. The van der Waals surface area contributed by atoms with Crippen molar-refractivity contribution in [3.05, 3.63) is 35.9 Å². The third-order valence-corrected chi connectivity index (χ3v) is 3.01. The van der Waals surface area contributed by atoms with Gasteiger partial charge < -0.3 is 10.4 Å². The summed E-state index contributed by atoms with van der Waals surface area (Å²) in [4.78, 5) is 23.2. The highest BCUT2D eigenvalue weighted by atomic mass is 16.4. The fraction of sp³-hybridized carbons (Fsp3) is 0.467. The van der Waals surface area contributed by atoms with E-state index in [4.69, 9.17) is 5.11 Å². The molecule has 1 rings (SSSR count). The van der Waals surface area contributed by atoms with Gasteiger partial charge in [-0.15, -0.1) is 0 Å². The molecular weight excluding hydrogens is 242 g/mol. The van der Waals surface area contributed by atoms with E-state index in [-0.39, 0.29) is 17.7 Å². The number of benzene rings is 1. The lowest BCUT2D eigenvalue weighted by Gasteiger charge is -2.19. The van der Waals surface area contributed by atoms with Gasteiger partial charge in [-0.2, -0.15) is 0 Å². The summed E-state index contributed by atoms with van der Waals surface area (Å²) in [6.45, 7) is 5.64. The molecule has 0 saturated heterocycles. The second kappa shape index (κ2) is 6.92. The fourth-order valence-electron chi connectivity index (χ4n) is 1.88. The van der Waals surface area contributed by atoms with E-state index in [9.17, 15) is 9.59 Å². The van der Waals surface area contributed by atoms with Crippen LogP contribution in [0, 0.1) is 5.92 Å². The van der Waals surface area contributed by atoms with Crippen LogP contribution in [0.1, 0.15) is 38.7 Å². The Morgan fingerprint density at radius 1 is 1.16 bits per heavy atom. The van der Waals surface area contributed by atoms with Crippen LogP contribution in [-0.4, -0.2) is 23.0 Å². The quantitative estimate of drug-likeness (QED) is 0.828. The molecule has 0 bridgehead atoms. The maximum Gasteiger partial charge on any atom is 0.326 e. The van der Waals surface area contributed by atoms with Crippen molar-refractivity contribution >= 4 is 11.9 Å². The predicted octanol–water partition coefficient (Wildman–Crippen LogP) is 2.41. The average molecular weight is 263 g/mol. The molecule has 1 aromatic rings. The molecule has 0 saturated carbocycles. The molecule has 4 heteroatoms. The molecule has 4 nitrogen and oxygen atoms in total. The van der Waals surface area contributed by atoms with Crippen LogP contribution in [0.25, 0.3) is 0 Å². The molecule has 0 aliphatic carbocycles. The summed E-state index contributed by atoms with van der Waals surface area (Å²) < 4.78 is 0. The molecule has 2 N–H and O–H groups in total. The van der Waals surface area contributed by atoms with E-state index in [0.717, 1.165) is 5.56 Å². The van der Waals surface area contributed by atoms with E-state index in [1.54, 1.807) is 6.92 Å². The summed E-state index contributed by atoms with van der Waals surface area (Å²) in [5.41, 5.74) is 0.883. The first-order valence-corrected chi connectivity index (χ1v) is 6.50. The van der Waals surface area contributed by atoms with Gasteiger partial charge in [0.15, 0.2) is 0 Å². The van der Waals surface area contributed by atoms with Crippen LogP contribution in [0.5, 0.6) is 0 Å². The molecule has 0 fully saturated rings. The highest BCUT2D eigenvalue weighted by Gasteiger charge is 2.24. The molecule has 2 atom stereocenters. The van der Waals surface area contributed by atoms with E-state index < -0.39 is 12.0 Å². The molecule has 0 spiro atoms. The second-order valence-electron chi connectivity index (χ2n) is 5.16. The Morgan fingerprint density at radius 3 is 2.21 bits per heavy atom. The summed E-state index contributed by atoms with van der Waals surface area (Å²) in [6, 6.07) is 8.51. The SMILES string of the molecule is CC(C)C[C@@H](NC(=O)[C@H](C)c1ccccc1)C(=O)O. The lowest BCUT2D eigenvalue weighted by Crippen LogP contribution is -2.43. The molecule has 0 aliphatic heterocycles. The predicted molar refractivity (Wildman–Crippen MR) is 73.9 cm³/mol. The summed E-state index contributed by atoms with van der Waals surface area (Å²) in [6.07, 6.45) is 0.433. The van der Waals surface area contributed by atoms with Crippen molar-refractivity contribution in [2.24, 2.45) is 5.92 Å². The number of hydrogen-bond acceptors (Lipinski definition) is 2. The maximum absolute atomic E-state index is 12.1. The number of hydrogen-bond donors (Lipinski definition) is 2. The zero-order valence-corrected chi connectivity index (χ0v) is 11.6. The standard InChI is InChI=1S/C15H21NO3/c1-10(2)9-13(15(18)19)16-14(17)11(3)12-7-5-4-6-8-12/h4-8,10-11,13H,9H2,1-3H3,(H,16,17)(H,18,19)/t11-,13-/m1/s1. The lowest BCUT2D eigenvalue weighted by molar-refractivity contribution is -0.142. The minimum Gasteiger partial charge on any atom is -0.480 e. The van der Waals surface area contributed by atoms with Crippen molar-refractivity contribution in [1.29, 1.82) is 0 Å². The van der Waals surface area contributed by atoms with Crippen LogP contribution in [-0.2, 0) is 9.59 Å². The van der Waals surface area contributed by atoms with Crippen LogP contribution in [0.2, 0.25) is 0 Å². The Hall–Kier alpha value is -1.84. The number of carbonyl (C=O) groups excluding carboxylic acids is 1. The van der Waals surface area contributed by atoms with Crippen molar-refractivity contribution in [2.45, 2.75) is 39.2 Å². The highest BCUT2D eigenvalue weighted by Crippen LogP contribution is 2.15. The highest BCUT2D eigenvalue weighted by molar-refractivity contribution is 5.87. The van der Waals surface area contributed by atoms with Gasteiger partial charge in [-0.25, -0.2) is 4.79 Å². The minimum absolute atomic E-state index is 0.216. The van der Waals surface area contributed by atoms with Crippen LogP contribution in [0.4, 0.5) is 0 Å². The summed E-state index contributed by atoms with van der Waals surface area (Å²) in [5.74, 6) is -1.37. The number of carboxylic acids is 1. The number of amides is 1. The molecule has 0 radical (unpaired) electrons. The second-order valence-corrected chi connectivity index (χ2v) is 5.16. The number of nitrogens with one attached hydrogen (secondary N) is 1. The van der Waals surface area contributed by atoms with Gasteiger partial charge in [0.05, 0.1) is 5.92 Å². The first kappa shape index (κ1) is 15.2. The molecule has 0 unspecified atom stereocenters. The minimum atomic E-state index is -0.984. The largest absolute Gasteiger partial charge is 0.480 e. The van der Waals surface area contributed by atoms with Gasteiger partial charge in [-0.1, -0.05) is 44.2 Å². The van der Waals surface area contributed by atoms with Gasteiger partial charge >= 0.3 is 5.97 Å². The third-order valence-electron chi connectivity index (χ3n) is 3.01. The summed E-state index contributed by atoms with van der Waals surface area (Å²) in [7, 11) is 0. The Bertz CT molecular complexity index is 428. The number of rotatable bonds is 6. The van der Waals surface area contributed by atoms with Gasteiger partial charge in [0, 0.05) is 0 Å². The Balaban J connectivity index is 2.69. The molecule has 0 aromatic heterocycles. The van der Waals surface area contributed by atoms with Crippen molar-refractivity contribution in [3.8, 4) is 0 Å². The zero-order chi connectivity index (χ0) is 14.4. The van der Waals surface area contributed by atoms with Crippen molar-refractivity contribution in [2.75, 3.05) is 0 Å². The maximum atomic E-state index is 12.1. The smallest absolute Gasteiger partial charge is 0.326 e. The number of carboxylic acid groups (broad SMARTS) is 1.